The van der Waals surface area contributed by atoms with Crippen molar-refractivity contribution < 1.29 is 14.3 Å². The van der Waals surface area contributed by atoms with Crippen molar-refractivity contribution in [1.29, 1.82) is 0 Å². The number of rotatable bonds is 6. The van der Waals surface area contributed by atoms with E-state index in [0.29, 0.717) is 30.3 Å². The second kappa shape index (κ2) is 8.97. The summed E-state index contributed by atoms with van der Waals surface area (Å²) < 4.78 is 7.24. The number of anilines is 1. The van der Waals surface area contributed by atoms with E-state index in [4.69, 9.17) is 9.84 Å². The van der Waals surface area contributed by atoms with Crippen LogP contribution in [0.2, 0.25) is 0 Å². The van der Waals surface area contributed by atoms with Gasteiger partial charge in [-0.2, -0.15) is 5.10 Å². The van der Waals surface area contributed by atoms with E-state index in [0.717, 1.165) is 11.3 Å². The molecular formula is C27H32N4O3. The fraction of sp³-hybridized carbons (Fsp3) is 0.370. The van der Waals surface area contributed by atoms with Gasteiger partial charge in [0.25, 0.3) is 5.91 Å². The van der Waals surface area contributed by atoms with Gasteiger partial charge in [0.1, 0.15) is 17.0 Å². The SMILES string of the molecule is CCOc1ccc(N2C(=O)c3cc(C(C)(C)C)nn3CC2(C)C(=O)NCc2ccccc2)cc1. The molecule has 7 nitrogen and oxygen atoms in total. The van der Waals surface area contributed by atoms with E-state index in [2.05, 4.69) is 26.1 Å². The average molecular weight is 461 g/mol. The molecule has 3 aromatic rings. The Balaban J connectivity index is 1.73. The summed E-state index contributed by atoms with van der Waals surface area (Å²) >= 11 is 0. The molecule has 4 rings (SSSR count). The minimum atomic E-state index is -1.17. The predicted molar refractivity (Wildman–Crippen MR) is 132 cm³/mol. The van der Waals surface area contributed by atoms with Gasteiger partial charge in [0.15, 0.2) is 0 Å². The lowest BCUT2D eigenvalue weighted by atomic mass is 9.91. The van der Waals surface area contributed by atoms with Crippen molar-refractivity contribution in [2.45, 2.75) is 58.7 Å². The molecule has 0 bridgehead atoms. The molecule has 0 fully saturated rings. The minimum Gasteiger partial charge on any atom is -0.494 e. The van der Waals surface area contributed by atoms with Gasteiger partial charge < -0.3 is 10.1 Å². The van der Waals surface area contributed by atoms with Gasteiger partial charge in [-0.05, 0) is 49.7 Å². The second-order valence-corrected chi connectivity index (χ2v) is 9.83. The van der Waals surface area contributed by atoms with E-state index in [1.807, 2.05) is 67.6 Å². The maximum Gasteiger partial charge on any atom is 0.277 e. The lowest BCUT2D eigenvalue weighted by Crippen LogP contribution is -2.64. The molecule has 1 aromatic heterocycles. The number of carbonyl (C=O) groups is 2. The molecule has 7 heteroatoms. The quantitative estimate of drug-likeness (QED) is 0.595. The Morgan fingerprint density at radius 3 is 2.41 bits per heavy atom. The fourth-order valence-electron chi connectivity index (χ4n) is 4.18. The van der Waals surface area contributed by atoms with Crippen molar-refractivity contribution >= 4 is 17.5 Å². The van der Waals surface area contributed by atoms with Gasteiger partial charge in [-0.1, -0.05) is 51.1 Å². The number of nitrogens with one attached hydrogen (secondary N) is 1. The third kappa shape index (κ3) is 4.42. The first-order valence-electron chi connectivity index (χ1n) is 11.6. The number of ether oxygens (including phenoxy) is 1. The zero-order valence-electron chi connectivity index (χ0n) is 20.5. The second-order valence-electron chi connectivity index (χ2n) is 9.83. The van der Waals surface area contributed by atoms with Crippen molar-refractivity contribution in [1.82, 2.24) is 15.1 Å². The summed E-state index contributed by atoms with van der Waals surface area (Å²) in [6, 6.07) is 18.8. The van der Waals surface area contributed by atoms with Crippen LogP contribution in [0.25, 0.3) is 0 Å². The van der Waals surface area contributed by atoms with Crippen LogP contribution in [0.1, 0.15) is 56.4 Å². The van der Waals surface area contributed by atoms with E-state index in [1.165, 1.54) is 0 Å². The Morgan fingerprint density at radius 2 is 1.79 bits per heavy atom. The number of aromatic nitrogens is 2. The molecular weight excluding hydrogens is 428 g/mol. The molecule has 1 aliphatic heterocycles. The molecule has 2 aromatic carbocycles. The van der Waals surface area contributed by atoms with Gasteiger partial charge in [-0.25, -0.2) is 0 Å². The number of carbonyl (C=O) groups excluding carboxylic acids is 2. The van der Waals surface area contributed by atoms with Gasteiger partial charge in [0.05, 0.1) is 18.8 Å². The van der Waals surface area contributed by atoms with Crippen LogP contribution in [0.4, 0.5) is 5.69 Å². The maximum atomic E-state index is 13.8. The Hall–Kier alpha value is -3.61. The van der Waals surface area contributed by atoms with Crippen molar-refractivity contribution in [3.05, 3.63) is 77.6 Å². The van der Waals surface area contributed by atoms with Crippen LogP contribution in [-0.4, -0.2) is 33.7 Å². The molecule has 2 heterocycles. The third-order valence-electron chi connectivity index (χ3n) is 6.11. The highest BCUT2D eigenvalue weighted by atomic mass is 16.5. The summed E-state index contributed by atoms with van der Waals surface area (Å²) in [7, 11) is 0. The molecule has 0 radical (unpaired) electrons. The van der Waals surface area contributed by atoms with Crippen molar-refractivity contribution in [3.63, 3.8) is 0 Å². The van der Waals surface area contributed by atoms with Crippen LogP contribution in [0.5, 0.6) is 5.75 Å². The fourth-order valence-corrected chi connectivity index (χ4v) is 4.18. The smallest absolute Gasteiger partial charge is 0.277 e. The Bertz CT molecular complexity index is 1180. The van der Waals surface area contributed by atoms with E-state index in [1.54, 1.807) is 16.5 Å². The standard InChI is InChI=1S/C27H32N4O3/c1-6-34-21-14-12-20(13-15-21)31-24(32)22-16-23(26(2,3)4)29-30(22)18-27(31,5)25(33)28-17-19-10-8-7-9-11-19/h7-16H,6,17-18H2,1-5H3,(H,28,33). The molecule has 0 aliphatic carbocycles. The van der Waals surface area contributed by atoms with E-state index in [9.17, 15) is 9.59 Å². The summed E-state index contributed by atoms with van der Waals surface area (Å²) in [4.78, 5) is 29.0. The lowest BCUT2D eigenvalue weighted by molar-refractivity contribution is -0.126. The first-order chi connectivity index (χ1) is 16.1. The topological polar surface area (TPSA) is 76.5 Å². The lowest BCUT2D eigenvalue weighted by Gasteiger charge is -2.43. The Kier molecular flexibility index (Phi) is 6.21. The molecule has 178 valence electrons. The minimum absolute atomic E-state index is 0.222. The summed E-state index contributed by atoms with van der Waals surface area (Å²) in [6.07, 6.45) is 0. The van der Waals surface area contributed by atoms with Gasteiger partial charge in [-0.3, -0.25) is 19.2 Å². The molecule has 2 amide bonds. The zero-order valence-corrected chi connectivity index (χ0v) is 20.5. The van der Waals surface area contributed by atoms with Gasteiger partial charge in [-0.15, -0.1) is 0 Å². The average Bonchev–Trinajstić information content (AvgIpc) is 3.24. The first-order valence-corrected chi connectivity index (χ1v) is 11.6. The van der Waals surface area contributed by atoms with Crippen LogP contribution < -0.4 is 15.0 Å². The molecule has 1 unspecified atom stereocenters. The largest absolute Gasteiger partial charge is 0.494 e. The Morgan fingerprint density at radius 1 is 1.12 bits per heavy atom. The molecule has 1 aliphatic rings. The van der Waals surface area contributed by atoms with Gasteiger partial charge in [0.2, 0.25) is 5.91 Å². The first kappa shape index (κ1) is 23.5. The molecule has 1 atom stereocenters. The van der Waals surface area contributed by atoms with Crippen LogP contribution in [-0.2, 0) is 23.3 Å². The maximum absolute atomic E-state index is 13.8. The van der Waals surface area contributed by atoms with Crippen molar-refractivity contribution in [2.75, 3.05) is 11.5 Å². The number of amides is 2. The number of benzene rings is 2. The van der Waals surface area contributed by atoms with Crippen molar-refractivity contribution in [3.8, 4) is 5.75 Å². The molecule has 34 heavy (non-hydrogen) atoms. The van der Waals surface area contributed by atoms with E-state index in [-0.39, 0.29) is 23.8 Å². The normalized spacial score (nSPS) is 17.9. The van der Waals surface area contributed by atoms with Crippen LogP contribution in [0, 0.1) is 0 Å². The molecule has 1 N–H and O–H groups in total. The summed E-state index contributed by atoms with van der Waals surface area (Å²) in [5.41, 5.74) is 1.52. The highest BCUT2D eigenvalue weighted by molar-refractivity contribution is 6.11. The summed E-state index contributed by atoms with van der Waals surface area (Å²) in [6.45, 7) is 11.1. The van der Waals surface area contributed by atoms with E-state index >= 15 is 0 Å². The van der Waals surface area contributed by atoms with E-state index < -0.39 is 5.54 Å². The van der Waals surface area contributed by atoms with Crippen LogP contribution in [0.3, 0.4) is 0 Å². The summed E-state index contributed by atoms with van der Waals surface area (Å²) in [5.74, 6) is 0.221. The number of hydrogen-bond acceptors (Lipinski definition) is 4. The Labute approximate surface area is 200 Å². The molecule has 0 saturated carbocycles. The zero-order chi connectivity index (χ0) is 24.5. The van der Waals surface area contributed by atoms with Gasteiger partial charge in [0, 0.05) is 17.6 Å². The predicted octanol–water partition coefficient (Wildman–Crippen LogP) is 4.31. The third-order valence-corrected chi connectivity index (χ3v) is 6.11. The monoisotopic (exact) mass is 460 g/mol. The number of nitrogens with zero attached hydrogens (tertiary/aromatic N) is 3. The molecule has 0 spiro atoms. The number of fused-ring (bicyclic) bond motifs is 1. The molecule has 0 saturated heterocycles. The van der Waals surface area contributed by atoms with Crippen molar-refractivity contribution in [2.24, 2.45) is 0 Å². The van der Waals surface area contributed by atoms with Crippen LogP contribution >= 0.6 is 0 Å². The highest BCUT2D eigenvalue weighted by Gasteiger charge is 2.49. The summed E-state index contributed by atoms with van der Waals surface area (Å²) in [5, 5.41) is 7.73. The highest BCUT2D eigenvalue weighted by Crippen LogP contribution is 2.35. The van der Waals surface area contributed by atoms with Gasteiger partial charge >= 0.3 is 0 Å². The van der Waals surface area contributed by atoms with Crippen LogP contribution in [0.15, 0.2) is 60.7 Å². The number of hydrogen-bond donors (Lipinski definition) is 1.